The number of hydrogen-bond donors (Lipinski definition) is 0. The Morgan fingerprint density at radius 3 is 2.62 bits per heavy atom. The average Bonchev–Trinajstić information content (AvgIpc) is 3.04. The van der Waals surface area contributed by atoms with Gasteiger partial charge in [0.1, 0.15) is 15.0 Å². The number of hydrogen-bond acceptors (Lipinski definition) is 6. The topological polar surface area (TPSA) is 86.0 Å². The molecule has 3 rings (SSSR count). The van der Waals surface area contributed by atoms with E-state index in [-0.39, 0.29) is 28.5 Å². The van der Waals surface area contributed by atoms with Gasteiger partial charge in [0.15, 0.2) is 5.78 Å². The van der Waals surface area contributed by atoms with Crippen LogP contribution < -0.4 is 0 Å². The summed E-state index contributed by atoms with van der Waals surface area (Å²) in [5, 5.41) is 20.3. The smallest absolute Gasteiger partial charge is 0.288 e. The summed E-state index contributed by atoms with van der Waals surface area (Å²) in [6, 6.07) is 13.5. The van der Waals surface area contributed by atoms with Crippen molar-refractivity contribution < 1.29 is 9.72 Å². The summed E-state index contributed by atoms with van der Waals surface area (Å²) in [4.78, 5) is 22.6. The molecule has 0 spiro atoms. The quantitative estimate of drug-likeness (QED) is 0.387. The third-order valence-electron chi connectivity index (χ3n) is 3.26. The molecule has 0 saturated carbocycles. The van der Waals surface area contributed by atoms with Crippen LogP contribution in [0.4, 0.5) is 5.69 Å². The molecule has 1 aromatic heterocycles. The van der Waals surface area contributed by atoms with Crippen LogP contribution in [0.2, 0.25) is 5.02 Å². The van der Waals surface area contributed by atoms with E-state index >= 15 is 0 Å². The number of Topliss-reactive ketones (excluding diaryl/α,β-unsaturated/α-hetero) is 1. The molecule has 0 aliphatic rings. The number of rotatable bonds is 5. The van der Waals surface area contributed by atoms with Crippen molar-refractivity contribution >= 4 is 34.4 Å². The fourth-order valence-electron chi connectivity index (χ4n) is 2.09. The number of carbonyl (C=O) groups excluding carboxylic acids is 1. The van der Waals surface area contributed by atoms with Crippen LogP contribution in [0.15, 0.2) is 48.5 Å². The lowest BCUT2D eigenvalue weighted by Gasteiger charge is -2.00. The Labute approximate surface area is 145 Å². The molecule has 0 unspecified atom stereocenters. The predicted molar refractivity (Wildman–Crippen MR) is 91.5 cm³/mol. The van der Waals surface area contributed by atoms with E-state index in [1.54, 1.807) is 0 Å². The molecule has 0 radical (unpaired) electrons. The van der Waals surface area contributed by atoms with Gasteiger partial charge in [-0.15, -0.1) is 10.2 Å². The number of ketones is 1. The van der Waals surface area contributed by atoms with Crippen LogP contribution >= 0.6 is 22.9 Å². The minimum Gasteiger partial charge on any atom is -0.294 e. The van der Waals surface area contributed by atoms with Gasteiger partial charge in [-0.2, -0.15) is 0 Å². The van der Waals surface area contributed by atoms with Crippen molar-refractivity contribution in [1.82, 2.24) is 10.2 Å². The van der Waals surface area contributed by atoms with Crippen LogP contribution in [0, 0.1) is 10.1 Å². The van der Waals surface area contributed by atoms with Gasteiger partial charge >= 0.3 is 0 Å². The number of halogens is 1. The lowest BCUT2D eigenvalue weighted by Crippen LogP contribution is -2.04. The third-order valence-corrected chi connectivity index (χ3v) is 4.56. The zero-order valence-corrected chi connectivity index (χ0v) is 13.8. The highest BCUT2D eigenvalue weighted by Crippen LogP contribution is 2.27. The Morgan fingerprint density at radius 2 is 1.92 bits per heavy atom. The Kier molecular flexibility index (Phi) is 4.64. The van der Waals surface area contributed by atoms with Crippen molar-refractivity contribution in [3.8, 4) is 10.6 Å². The van der Waals surface area contributed by atoms with E-state index in [2.05, 4.69) is 10.2 Å². The molecule has 0 bridgehead atoms. The van der Waals surface area contributed by atoms with E-state index in [4.69, 9.17) is 11.6 Å². The maximum atomic E-state index is 12.3. The number of nitro benzene ring substituents is 1. The standard InChI is InChI=1S/C16H10ClN3O3S/c17-12-7-6-11(8-13(12)20(22)23)14(21)9-15-18-19-16(24-15)10-4-2-1-3-5-10/h1-8H,9H2. The molecule has 0 atom stereocenters. The summed E-state index contributed by atoms with van der Waals surface area (Å²) in [5.41, 5.74) is 0.864. The second-order valence-corrected chi connectivity index (χ2v) is 6.36. The molecule has 0 aliphatic heterocycles. The summed E-state index contributed by atoms with van der Waals surface area (Å²) in [7, 11) is 0. The van der Waals surface area contributed by atoms with Gasteiger partial charge in [-0.05, 0) is 12.1 Å². The van der Waals surface area contributed by atoms with E-state index in [1.807, 2.05) is 30.3 Å². The number of nitrogens with zero attached hydrogens (tertiary/aromatic N) is 3. The summed E-state index contributed by atoms with van der Waals surface area (Å²) in [6.45, 7) is 0. The molecule has 24 heavy (non-hydrogen) atoms. The zero-order chi connectivity index (χ0) is 17.1. The molecule has 1 heterocycles. The minimum atomic E-state index is -0.614. The molecular formula is C16H10ClN3O3S. The average molecular weight is 360 g/mol. The van der Waals surface area contributed by atoms with E-state index < -0.39 is 4.92 Å². The largest absolute Gasteiger partial charge is 0.294 e. The Morgan fingerprint density at radius 1 is 1.17 bits per heavy atom. The predicted octanol–water partition coefficient (Wildman–Crippen LogP) is 4.19. The Bertz CT molecular complexity index is 912. The maximum absolute atomic E-state index is 12.3. The van der Waals surface area contributed by atoms with Crippen molar-refractivity contribution in [3.05, 3.63) is 74.2 Å². The Hall–Kier alpha value is -2.64. The van der Waals surface area contributed by atoms with Crippen molar-refractivity contribution in [1.29, 1.82) is 0 Å². The highest BCUT2D eigenvalue weighted by Gasteiger charge is 2.18. The second kappa shape index (κ2) is 6.86. The summed E-state index contributed by atoms with van der Waals surface area (Å²) < 4.78 is 0. The molecule has 0 N–H and O–H groups in total. The van der Waals surface area contributed by atoms with Gasteiger partial charge in [0, 0.05) is 17.2 Å². The van der Waals surface area contributed by atoms with Crippen LogP contribution in [-0.4, -0.2) is 20.9 Å². The SMILES string of the molecule is O=C(Cc1nnc(-c2ccccc2)s1)c1ccc(Cl)c([N+](=O)[O-])c1. The molecule has 8 heteroatoms. The third kappa shape index (κ3) is 3.47. The van der Waals surface area contributed by atoms with Gasteiger partial charge in [0.2, 0.25) is 0 Å². The van der Waals surface area contributed by atoms with Crippen LogP contribution in [-0.2, 0) is 6.42 Å². The van der Waals surface area contributed by atoms with Crippen LogP contribution in [0.3, 0.4) is 0 Å². The van der Waals surface area contributed by atoms with E-state index in [0.717, 1.165) is 10.6 Å². The monoisotopic (exact) mass is 359 g/mol. The highest BCUT2D eigenvalue weighted by molar-refractivity contribution is 7.14. The second-order valence-electron chi connectivity index (χ2n) is 4.89. The zero-order valence-electron chi connectivity index (χ0n) is 12.2. The van der Waals surface area contributed by atoms with Crippen molar-refractivity contribution in [2.45, 2.75) is 6.42 Å². The molecule has 0 saturated heterocycles. The van der Waals surface area contributed by atoms with Crippen LogP contribution in [0.5, 0.6) is 0 Å². The van der Waals surface area contributed by atoms with Gasteiger partial charge in [-0.25, -0.2) is 0 Å². The first-order chi connectivity index (χ1) is 11.5. The molecular weight excluding hydrogens is 350 g/mol. The summed E-state index contributed by atoms with van der Waals surface area (Å²) >= 11 is 7.07. The molecule has 0 aliphatic carbocycles. The lowest BCUT2D eigenvalue weighted by molar-refractivity contribution is -0.384. The first-order valence-corrected chi connectivity index (χ1v) is 8.09. The number of benzene rings is 2. The van der Waals surface area contributed by atoms with Gasteiger partial charge in [-0.3, -0.25) is 14.9 Å². The first-order valence-electron chi connectivity index (χ1n) is 6.89. The van der Waals surface area contributed by atoms with Crippen molar-refractivity contribution in [2.75, 3.05) is 0 Å². The maximum Gasteiger partial charge on any atom is 0.288 e. The van der Waals surface area contributed by atoms with Crippen molar-refractivity contribution in [3.63, 3.8) is 0 Å². The molecule has 0 fully saturated rings. The molecule has 120 valence electrons. The molecule has 0 amide bonds. The number of carbonyl (C=O) groups is 1. The lowest BCUT2D eigenvalue weighted by atomic mass is 10.1. The molecule has 3 aromatic rings. The number of aromatic nitrogens is 2. The van der Waals surface area contributed by atoms with Gasteiger partial charge in [0.25, 0.3) is 5.69 Å². The fourth-order valence-corrected chi connectivity index (χ4v) is 3.12. The number of nitro groups is 1. The minimum absolute atomic E-state index is 0.00108. The van der Waals surface area contributed by atoms with E-state index in [0.29, 0.717) is 5.01 Å². The summed E-state index contributed by atoms with van der Waals surface area (Å²) in [5.74, 6) is -0.273. The van der Waals surface area contributed by atoms with E-state index in [9.17, 15) is 14.9 Å². The fraction of sp³-hybridized carbons (Fsp3) is 0.0625. The van der Waals surface area contributed by atoms with E-state index in [1.165, 1.54) is 29.5 Å². The molecule has 6 nitrogen and oxygen atoms in total. The van der Waals surface area contributed by atoms with Gasteiger partial charge in [0.05, 0.1) is 11.3 Å². The normalized spacial score (nSPS) is 10.5. The highest BCUT2D eigenvalue weighted by atomic mass is 35.5. The summed E-state index contributed by atoms with van der Waals surface area (Å²) in [6.07, 6.45) is 0.0310. The van der Waals surface area contributed by atoms with Gasteiger partial charge in [-0.1, -0.05) is 53.3 Å². The van der Waals surface area contributed by atoms with Crippen LogP contribution in [0.25, 0.3) is 10.6 Å². The van der Waals surface area contributed by atoms with Crippen molar-refractivity contribution in [2.24, 2.45) is 0 Å². The van der Waals surface area contributed by atoms with Crippen LogP contribution in [0.1, 0.15) is 15.4 Å². The molecule has 2 aromatic carbocycles. The van der Waals surface area contributed by atoms with Gasteiger partial charge < -0.3 is 0 Å². The Balaban J connectivity index is 1.80. The first kappa shape index (κ1) is 16.2.